The second kappa shape index (κ2) is 6.97. The molecule has 33 heavy (non-hydrogen) atoms. The zero-order chi connectivity index (χ0) is 24.2. The molecule has 0 aromatic carbocycles. The van der Waals surface area contributed by atoms with Crippen LogP contribution in [-0.2, 0) is 9.59 Å². The Balaban J connectivity index is 1.57. The number of carboxylic acids is 1. The van der Waals surface area contributed by atoms with Gasteiger partial charge in [0.2, 0.25) is 0 Å². The molecule has 0 bridgehead atoms. The number of carbonyl (C=O) groups excluding carboxylic acids is 1. The Morgan fingerprint density at radius 2 is 1.58 bits per heavy atom. The van der Waals surface area contributed by atoms with Gasteiger partial charge in [0, 0.05) is 11.8 Å². The Morgan fingerprint density at radius 1 is 0.879 bits per heavy atom. The topological polar surface area (TPSA) is 54.4 Å². The molecule has 0 radical (unpaired) electrons. The summed E-state index contributed by atoms with van der Waals surface area (Å²) < 4.78 is 0. The molecule has 0 aliphatic heterocycles. The van der Waals surface area contributed by atoms with Crippen LogP contribution in [0.5, 0.6) is 0 Å². The first-order valence-corrected chi connectivity index (χ1v) is 13.7. The summed E-state index contributed by atoms with van der Waals surface area (Å²) in [7, 11) is 0. The molecule has 184 valence electrons. The predicted octanol–water partition coefficient (Wildman–Crippen LogP) is 7.30. The van der Waals surface area contributed by atoms with Crippen LogP contribution >= 0.6 is 0 Å². The molecular weight excluding hydrogens is 408 g/mol. The lowest BCUT2D eigenvalue weighted by Crippen LogP contribution is -2.66. The summed E-state index contributed by atoms with van der Waals surface area (Å²) in [5.74, 6) is 2.07. The van der Waals surface area contributed by atoms with Crippen LogP contribution in [0.3, 0.4) is 0 Å². The van der Waals surface area contributed by atoms with Gasteiger partial charge in [-0.05, 0) is 111 Å². The fourth-order valence-corrected chi connectivity index (χ4v) is 11.3. The van der Waals surface area contributed by atoms with Crippen molar-refractivity contribution in [1.82, 2.24) is 0 Å². The van der Waals surface area contributed by atoms with Crippen LogP contribution in [0, 0.1) is 56.7 Å². The van der Waals surface area contributed by atoms with E-state index in [2.05, 4.69) is 48.1 Å². The number of carboxylic acid groups (broad SMARTS) is 1. The highest BCUT2D eigenvalue weighted by atomic mass is 16.4. The lowest BCUT2D eigenvalue weighted by atomic mass is 9.32. The Kier molecular flexibility index (Phi) is 4.99. The second-order valence-corrected chi connectivity index (χ2v) is 14.3. The van der Waals surface area contributed by atoms with Crippen molar-refractivity contribution in [3.8, 4) is 0 Å². The van der Waals surface area contributed by atoms with Gasteiger partial charge in [0.1, 0.15) is 5.78 Å². The molecule has 0 heterocycles. The van der Waals surface area contributed by atoms with Crippen LogP contribution in [0.15, 0.2) is 12.2 Å². The number of carbonyl (C=O) groups is 2. The van der Waals surface area contributed by atoms with E-state index in [-0.39, 0.29) is 27.6 Å². The van der Waals surface area contributed by atoms with Crippen LogP contribution in [0.4, 0.5) is 0 Å². The second-order valence-electron chi connectivity index (χ2n) is 14.3. The summed E-state index contributed by atoms with van der Waals surface area (Å²) >= 11 is 0. The first-order chi connectivity index (χ1) is 15.3. The molecule has 0 amide bonds. The van der Waals surface area contributed by atoms with Crippen LogP contribution in [0.2, 0.25) is 0 Å². The van der Waals surface area contributed by atoms with Gasteiger partial charge in [-0.15, -0.1) is 0 Å². The third-order valence-electron chi connectivity index (χ3n) is 13.2. The van der Waals surface area contributed by atoms with Gasteiger partial charge in [0.25, 0.3) is 0 Å². The lowest BCUT2D eigenvalue weighted by molar-refractivity contribution is -0.235. The van der Waals surface area contributed by atoms with Crippen molar-refractivity contribution in [2.45, 2.75) is 106 Å². The molecule has 0 aromatic heterocycles. The fourth-order valence-electron chi connectivity index (χ4n) is 11.3. The van der Waals surface area contributed by atoms with Crippen LogP contribution < -0.4 is 0 Å². The molecule has 9 atom stereocenters. The maximum atomic E-state index is 12.9. The van der Waals surface area contributed by atoms with E-state index in [1.54, 1.807) is 0 Å². The van der Waals surface area contributed by atoms with Gasteiger partial charge >= 0.3 is 5.97 Å². The van der Waals surface area contributed by atoms with Gasteiger partial charge in [-0.1, -0.05) is 46.8 Å². The monoisotopic (exact) mass is 454 g/mol. The van der Waals surface area contributed by atoms with Gasteiger partial charge in [-0.25, -0.2) is 0 Å². The van der Waals surface area contributed by atoms with E-state index in [9.17, 15) is 14.7 Å². The number of ketones is 1. The Labute approximate surface area is 201 Å². The van der Waals surface area contributed by atoms with Gasteiger partial charge < -0.3 is 5.11 Å². The first kappa shape index (κ1) is 23.6. The van der Waals surface area contributed by atoms with Crippen molar-refractivity contribution >= 4 is 11.8 Å². The highest BCUT2D eigenvalue weighted by molar-refractivity contribution is 5.85. The van der Waals surface area contributed by atoms with E-state index in [4.69, 9.17) is 0 Å². The van der Waals surface area contributed by atoms with E-state index < -0.39 is 11.4 Å². The van der Waals surface area contributed by atoms with Crippen molar-refractivity contribution in [2.24, 2.45) is 56.7 Å². The lowest BCUT2D eigenvalue weighted by Gasteiger charge is -2.72. The maximum Gasteiger partial charge on any atom is 0.309 e. The number of hydrogen-bond acceptors (Lipinski definition) is 2. The summed E-state index contributed by atoms with van der Waals surface area (Å²) in [6.45, 7) is 18.5. The molecule has 5 saturated carbocycles. The number of fused-ring (bicyclic) bond motifs is 7. The van der Waals surface area contributed by atoms with E-state index in [1.165, 1.54) is 18.4 Å². The van der Waals surface area contributed by atoms with Crippen molar-refractivity contribution in [3.05, 3.63) is 12.2 Å². The molecule has 0 saturated heterocycles. The number of Topliss-reactive ketones (excluding diaryl/α,β-unsaturated/α-hetero) is 1. The minimum atomic E-state index is -0.547. The minimum absolute atomic E-state index is 0.164. The summed E-state index contributed by atoms with van der Waals surface area (Å²) in [6, 6.07) is 0. The highest BCUT2D eigenvalue weighted by Crippen LogP contribution is 2.77. The SMILES string of the molecule is C=C(C)[C@@H]1CC[C@]2(C(=O)O)CC[C@]3(C)[C@@H](CC[C@@H]4[C@@]5(C)CCC(=O)C(C)(C)[C@@H]5CC[C@]43C)[C@@H]12. The van der Waals surface area contributed by atoms with Crippen LogP contribution in [0.1, 0.15) is 106 Å². The molecule has 0 spiro atoms. The smallest absolute Gasteiger partial charge is 0.309 e. The number of allylic oxidation sites excluding steroid dienone is 1. The Morgan fingerprint density at radius 3 is 2.21 bits per heavy atom. The number of rotatable bonds is 2. The summed E-state index contributed by atoms with van der Waals surface area (Å²) in [4.78, 5) is 25.7. The van der Waals surface area contributed by atoms with Crippen molar-refractivity contribution in [1.29, 1.82) is 0 Å². The van der Waals surface area contributed by atoms with Gasteiger partial charge in [-0.2, -0.15) is 0 Å². The summed E-state index contributed by atoms with van der Waals surface area (Å²) in [5, 5.41) is 10.5. The zero-order valence-electron chi connectivity index (χ0n) is 21.9. The van der Waals surface area contributed by atoms with Gasteiger partial charge in [-0.3, -0.25) is 9.59 Å². The molecule has 3 heteroatoms. The highest BCUT2D eigenvalue weighted by Gasteiger charge is 2.72. The van der Waals surface area contributed by atoms with Crippen LogP contribution in [-0.4, -0.2) is 16.9 Å². The summed E-state index contributed by atoms with van der Waals surface area (Å²) in [5.41, 5.74) is 1.03. The molecule has 3 nitrogen and oxygen atoms in total. The summed E-state index contributed by atoms with van der Waals surface area (Å²) in [6.07, 6.45) is 10.1. The van der Waals surface area contributed by atoms with E-state index in [0.717, 1.165) is 51.4 Å². The third kappa shape index (κ3) is 2.69. The standard InChI is InChI=1S/C30H46O3/c1-18(2)19-10-15-30(25(32)33)17-16-28(6)20(24(19)30)8-9-22-27(5)13-12-23(31)26(3,4)21(27)11-14-29(22,28)7/h19-22,24H,1,8-17H2,2-7H3,(H,32,33)/t19-,20-,21-,22+,24+,27-,28+,29+,30-/m0/s1. The van der Waals surface area contributed by atoms with E-state index in [0.29, 0.717) is 29.5 Å². The molecule has 5 aliphatic carbocycles. The molecule has 1 N–H and O–H groups in total. The van der Waals surface area contributed by atoms with E-state index in [1.807, 2.05) is 0 Å². The maximum absolute atomic E-state index is 12.9. The zero-order valence-corrected chi connectivity index (χ0v) is 21.9. The molecule has 0 unspecified atom stereocenters. The number of hydrogen-bond donors (Lipinski definition) is 1. The van der Waals surface area contributed by atoms with E-state index >= 15 is 0 Å². The molecular formula is C30H46O3. The Bertz CT molecular complexity index is 902. The first-order valence-electron chi connectivity index (χ1n) is 13.7. The van der Waals surface area contributed by atoms with Gasteiger partial charge in [0.15, 0.2) is 0 Å². The molecule has 5 fully saturated rings. The largest absolute Gasteiger partial charge is 0.481 e. The average molecular weight is 455 g/mol. The van der Waals surface area contributed by atoms with Gasteiger partial charge in [0.05, 0.1) is 5.41 Å². The molecule has 5 aliphatic rings. The normalized spacial score (nSPS) is 52.8. The quantitative estimate of drug-likeness (QED) is 0.445. The Hall–Kier alpha value is -1.12. The van der Waals surface area contributed by atoms with Crippen molar-refractivity contribution < 1.29 is 14.7 Å². The molecule has 5 rings (SSSR count). The van der Waals surface area contributed by atoms with Crippen molar-refractivity contribution in [3.63, 3.8) is 0 Å². The predicted molar refractivity (Wildman–Crippen MR) is 132 cm³/mol. The number of aliphatic carboxylic acids is 1. The van der Waals surface area contributed by atoms with Crippen molar-refractivity contribution in [2.75, 3.05) is 0 Å². The third-order valence-corrected chi connectivity index (χ3v) is 13.2. The minimum Gasteiger partial charge on any atom is -0.481 e. The van der Waals surface area contributed by atoms with Crippen LogP contribution in [0.25, 0.3) is 0 Å². The molecule has 0 aromatic rings. The average Bonchev–Trinajstić information content (AvgIpc) is 3.13. The fraction of sp³-hybridized carbons (Fsp3) is 0.867.